The molecule has 2 N–H and O–H groups in total. The molecule has 0 aliphatic carbocycles. The van der Waals surface area contributed by atoms with Crippen LogP contribution in [0.4, 0.5) is 5.13 Å². The van der Waals surface area contributed by atoms with Crippen molar-refractivity contribution < 1.29 is 0 Å². The van der Waals surface area contributed by atoms with Crippen molar-refractivity contribution in [3.63, 3.8) is 0 Å². The van der Waals surface area contributed by atoms with Crippen LogP contribution >= 0.6 is 11.3 Å². The molecule has 18 heavy (non-hydrogen) atoms. The number of aromatic nitrogens is 1. The topological polar surface area (TPSA) is 45.4 Å². The molecule has 2 heterocycles. The fraction of sp³-hybridized carbons (Fsp3) is 0.769. The maximum atomic E-state index is 5.77. The molecule has 1 fully saturated rings. The molecule has 0 bridgehead atoms. The third kappa shape index (κ3) is 3.67. The zero-order chi connectivity index (χ0) is 13.0. The minimum absolute atomic E-state index is 0.270. The molecule has 0 saturated carbocycles. The minimum atomic E-state index is 0.270. The second kappa shape index (κ2) is 5.99. The Morgan fingerprint density at radius 3 is 2.61 bits per heavy atom. The van der Waals surface area contributed by atoms with Gasteiger partial charge >= 0.3 is 0 Å². The summed E-state index contributed by atoms with van der Waals surface area (Å²) in [4.78, 5) is 9.30. The number of nitrogens with two attached hydrogens (primary N) is 1. The normalized spacial score (nSPS) is 18.3. The van der Waals surface area contributed by atoms with Gasteiger partial charge in [-0.25, -0.2) is 4.98 Å². The van der Waals surface area contributed by atoms with Crippen LogP contribution in [-0.2, 0) is 0 Å². The van der Waals surface area contributed by atoms with Gasteiger partial charge in [0.25, 0.3) is 0 Å². The number of rotatable bonds is 5. The van der Waals surface area contributed by atoms with Gasteiger partial charge < -0.3 is 10.6 Å². The summed E-state index contributed by atoms with van der Waals surface area (Å²) in [6.07, 6.45) is 3.07. The van der Waals surface area contributed by atoms with Crippen LogP contribution in [-0.4, -0.2) is 49.2 Å². The molecule has 1 aliphatic rings. The smallest absolute Gasteiger partial charge is 0.185 e. The van der Waals surface area contributed by atoms with E-state index < -0.39 is 0 Å². The van der Waals surface area contributed by atoms with Crippen LogP contribution in [0.25, 0.3) is 0 Å². The molecule has 2 rings (SSSR count). The second-order valence-electron chi connectivity index (χ2n) is 5.76. The van der Waals surface area contributed by atoms with E-state index in [9.17, 15) is 0 Å². The van der Waals surface area contributed by atoms with Crippen molar-refractivity contribution in [1.29, 1.82) is 0 Å². The monoisotopic (exact) mass is 268 g/mol. The minimum Gasteiger partial charge on any atom is -0.346 e. The van der Waals surface area contributed by atoms with E-state index in [2.05, 4.69) is 28.6 Å². The predicted molar refractivity (Wildman–Crippen MR) is 78.2 cm³/mol. The van der Waals surface area contributed by atoms with Gasteiger partial charge in [0.1, 0.15) is 0 Å². The van der Waals surface area contributed by atoms with E-state index in [1.807, 2.05) is 11.6 Å². The van der Waals surface area contributed by atoms with Gasteiger partial charge in [-0.05, 0) is 24.9 Å². The fourth-order valence-electron chi connectivity index (χ4n) is 2.10. The Bertz CT molecular complexity index is 342. The first-order valence-corrected chi connectivity index (χ1v) is 7.55. The Morgan fingerprint density at radius 2 is 2.06 bits per heavy atom. The molecule has 0 spiro atoms. The van der Waals surface area contributed by atoms with E-state index in [4.69, 9.17) is 5.73 Å². The van der Waals surface area contributed by atoms with Crippen molar-refractivity contribution in [3.8, 4) is 0 Å². The average molecular weight is 268 g/mol. The molecular weight excluding hydrogens is 244 g/mol. The van der Waals surface area contributed by atoms with Crippen LogP contribution in [0.5, 0.6) is 0 Å². The van der Waals surface area contributed by atoms with Crippen molar-refractivity contribution in [1.82, 2.24) is 9.88 Å². The molecule has 102 valence electrons. The molecule has 0 aromatic carbocycles. The first kappa shape index (κ1) is 13.8. The Kier molecular flexibility index (Phi) is 4.59. The lowest BCUT2D eigenvalue weighted by atomic mass is 9.89. The summed E-state index contributed by atoms with van der Waals surface area (Å²) in [6.45, 7) is 10.9. The predicted octanol–water partition coefficient (Wildman–Crippen LogP) is 1.64. The van der Waals surface area contributed by atoms with Crippen LogP contribution in [0.3, 0.4) is 0 Å². The van der Waals surface area contributed by atoms with E-state index in [-0.39, 0.29) is 5.41 Å². The van der Waals surface area contributed by atoms with Crippen LogP contribution < -0.4 is 10.6 Å². The number of hydrogen-bond donors (Lipinski definition) is 1. The van der Waals surface area contributed by atoms with E-state index in [1.54, 1.807) is 11.3 Å². The van der Waals surface area contributed by atoms with Crippen molar-refractivity contribution in [3.05, 3.63) is 11.6 Å². The molecule has 0 amide bonds. The van der Waals surface area contributed by atoms with Gasteiger partial charge in [0, 0.05) is 37.8 Å². The van der Waals surface area contributed by atoms with Crippen molar-refractivity contribution in [2.75, 3.05) is 44.2 Å². The van der Waals surface area contributed by atoms with Gasteiger partial charge in [-0.2, -0.15) is 0 Å². The molecule has 1 aliphatic heterocycles. The molecule has 5 heteroatoms. The molecule has 0 unspecified atom stereocenters. The maximum absolute atomic E-state index is 5.77. The number of thiazole rings is 1. The highest BCUT2D eigenvalue weighted by Gasteiger charge is 2.21. The Morgan fingerprint density at radius 1 is 1.33 bits per heavy atom. The van der Waals surface area contributed by atoms with Crippen LogP contribution in [0.15, 0.2) is 11.6 Å². The van der Waals surface area contributed by atoms with Gasteiger partial charge in [-0.15, -0.1) is 11.3 Å². The van der Waals surface area contributed by atoms with Gasteiger partial charge in [0.2, 0.25) is 0 Å². The summed E-state index contributed by atoms with van der Waals surface area (Å²) in [6, 6.07) is 0. The van der Waals surface area contributed by atoms with E-state index in [0.717, 1.165) is 44.4 Å². The van der Waals surface area contributed by atoms with E-state index in [0.29, 0.717) is 0 Å². The lowest BCUT2D eigenvalue weighted by Gasteiger charge is -2.36. The number of piperazine rings is 1. The summed E-state index contributed by atoms with van der Waals surface area (Å²) in [5.74, 6) is 0. The first-order chi connectivity index (χ1) is 8.61. The second-order valence-corrected chi connectivity index (χ2v) is 6.63. The molecule has 1 aromatic heterocycles. The number of hydrogen-bond acceptors (Lipinski definition) is 5. The van der Waals surface area contributed by atoms with Crippen molar-refractivity contribution >= 4 is 16.5 Å². The summed E-state index contributed by atoms with van der Waals surface area (Å²) < 4.78 is 0. The maximum Gasteiger partial charge on any atom is 0.185 e. The van der Waals surface area contributed by atoms with E-state index >= 15 is 0 Å². The third-order valence-corrected chi connectivity index (χ3v) is 4.55. The van der Waals surface area contributed by atoms with Gasteiger partial charge in [-0.1, -0.05) is 13.8 Å². The van der Waals surface area contributed by atoms with Crippen molar-refractivity contribution in [2.24, 2.45) is 11.1 Å². The molecule has 0 atom stereocenters. The zero-order valence-electron chi connectivity index (χ0n) is 11.4. The lowest BCUT2D eigenvalue weighted by molar-refractivity contribution is 0.211. The van der Waals surface area contributed by atoms with Crippen molar-refractivity contribution in [2.45, 2.75) is 20.3 Å². The summed E-state index contributed by atoms with van der Waals surface area (Å²) in [7, 11) is 0. The molecule has 0 radical (unpaired) electrons. The Labute approximate surface area is 114 Å². The quantitative estimate of drug-likeness (QED) is 0.882. The van der Waals surface area contributed by atoms with Gasteiger partial charge in [0.05, 0.1) is 0 Å². The zero-order valence-corrected chi connectivity index (χ0v) is 12.2. The standard InChI is InChI=1S/C13H24N4S/c1-13(2,11-14)3-5-16-6-8-17(9-7-16)12-15-4-10-18-12/h4,10H,3,5-9,11,14H2,1-2H3. The molecule has 1 aromatic rings. The highest BCUT2D eigenvalue weighted by atomic mass is 32.1. The number of anilines is 1. The van der Waals surface area contributed by atoms with Gasteiger partial charge in [0.15, 0.2) is 5.13 Å². The summed E-state index contributed by atoms with van der Waals surface area (Å²) in [5, 5.41) is 3.21. The van der Waals surface area contributed by atoms with Crippen LogP contribution in [0, 0.1) is 5.41 Å². The van der Waals surface area contributed by atoms with E-state index in [1.165, 1.54) is 6.42 Å². The average Bonchev–Trinajstić information content (AvgIpc) is 2.91. The third-order valence-electron chi connectivity index (χ3n) is 3.72. The largest absolute Gasteiger partial charge is 0.346 e. The highest BCUT2D eigenvalue weighted by molar-refractivity contribution is 7.13. The van der Waals surface area contributed by atoms with Gasteiger partial charge in [-0.3, -0.25) is 4.90 Å². The summed E-state index contributed by atoms with van der Waals surface area (Å²) in [5.41, 5.74) is 6.04. The van der Waals surface area contributed by atoms with Crippen LogP contribution in [0.2, 0.25) is 0 Å². The fourth-order valence-corrected chi connectivity index (χ4v) is 2.79. The number of nitrogens with zero attached hydrogens (tertiary/aromatic N) is 3. The summed E-state index contributed by atoms with van der Waals surface area (Å²) >= 11 is 1.73. The SMILES string of the molecule is CC(C)(CN)CCN1CCN(c2nccs2)CC1. The Balaban J connectivity index is 1.74. The highest BCUT2D eigenvalue weighted by Crippen LogP contribution is 2.21. The molecule has 4 nitrogen and oxygen atoms in total. The Hall–Kier alpha value is -0.650. The molecular formula is C13H24N4S. The molecule has 1 saturated heterocycles. The van der Waals surface area contributed by atoms with Crippen LogP contribution in [0.1, 0.15) is 20.3 Å². The first-order valence-electron chi connectivity index (χ1n) is 6.68. The lowest BCUT2D eigenvalue weighted by Crippen LogP contribution is -2.47.